The molecule has 1 amide bonds. The minimum atomic E-state index is -0.294. The number of phenolic OH excluding ortho intramolecular Hbond substituents is 1. The van der Waals surface area contributed by atoms with E-state index in [9.17, 15) is 9.90 Å². The fourth-order valence-electron chi connectivity index (χ4n) is 3.25. The zero-order valence-corrected chi connectivity index (χ0v) is 19.8. The molecule has 1 aliphatic rings. The van der Waals surface area contributed by atoms with Crippen molar-refractivity contribution in [3.05, 3.63) is 55.8 Å². The number of carbonyl (C=O) groups is 1. The molecule has 0 aliphatic carbocycles. The molecule has 1 aliphatic heterocycles. The van der Waals surface area contributed by atoms with E-state index in [0.717, 1.165) is 16.3 Å². The molecule has 7 nitrogen and oxygen atoms in total. The van der Waals surface area contributed by atoms with E-state index in [1.165, 1.54) is 0 Å². The van der Waals surface area contributed by atoms with Crippen molar-refractivity contribution in [1.29, 1.82) is 0 Å². The summed E-state index contributed by atoms with van der Waals surface area (Å²) in [5.74, 6) is 0.000950. The van der Waals surface area contributed by atoms with Crippen molar-refractivity contribution < 1.29 is 14.4 Å². The van der Waals surface area contributed by atoms with Crippen molar-refractivity contribution in [1.82, 2.24) is 15.0 Å². The van der Waals surface area contributed by atoms with E-state index >= 15 is 0 Å². The summed E-state index contributed by atoms with van der Waals surface area (Å²) in [5, 5.41) is 14.5. The molecule has 1 fully saturated rings. The zero-order valence-electron chi connectivity index (χ0n) is 15.9. The second-order valence-corrected chi connectivity index (χ2v) is 9.04. The highest BCUT2D eigenvalue weighted by Crippen LogP contribution is 2.36. The van der Waals surface area contributed by atoms with E-state index in [1.807, 2.05) is 19.1 Å². The third-order valence-electron chi connectivity index (χ3n) is 4.96. The molecular formula is C20H17Br2ClN4O3. The maximum Gasteiger partial charge on any atom is 0.316 e. The van der Waals surface area contributed by atoms with Gasteiger partial charge in [0.25, 0.3) is 0 Å². The monoisotopic (exact) mass is 554 g/mol. The Morgan fingerprint density at radius 2 is 1.80 bits per heavy atom. The first-order chi connectivity index (χ1) is 14.3. The summed E-state index contributed by atoms with van der Waals surface area (Å²) in [5.41, 5.74) is 2.73. The lowest BCUT2D eigenvalue weighted by Crippen LogP contribution is -2.48. The molecule has 3 aromatic rings. The van der Waals surface area contributed by atoms with E-state index in [4.69, 9.17) is 16.1 Å². The van der Waals surface area contributed by atoms with Crippen LogP contribution >= 0.6 is 43.5 Å². The standard InChI is InChI=1S/C20H17Br2ClN4O3/c1-11-8-13(2-3-16(11)23)26-4-6-27(7-5-26)20(29)19-24-18(25-30-19)12-9-14(21)17(28)15(22)10-12/h2-3,8-10,28H,4-7H2,1H3. The van der Waals surface area contributed by atoms with Gasteiger partial charge in [-0.15, -0.1) is 0 Å². The summed E-state index contributed by atoms with van der Waals surface area (Å²) in [6.45, 7) is 4.48. The number of benzene rings is 2. The molecule has 4 rings (SSSR count). The third-order valence-corrected chi connectivity index (χ3v) is 6.59. The van der Waals surface area contributed by atoms with Gasteiger partial charge in [0.05, 0.1) is 8.95 Å². The molecule has 0 spiro atoms. The first-order valence-electron chi connectivity index (χ1n) is 9.16. The average Bonchev–Trinajstić information content (AvgIpc) is 3.23. The van der Waals surface area contributed by atoms with E-state index in [1.54, 1.807) is 17.0 Å². The second kappa shape index (κ2) is 8.56. The van der Waals surface area contributed by atoms with Crippen LogP contribution in [-0.4, -0.2) is 52.2 Å². The molecule has 30 heavy (non-hydrogen) atoms. The van der Waals surface area contributed by atoms with Gasteiger partial charge in [0.2, 0.25) is 5.82 Å². The van der Waals surface area contributed by atoms with Crippen LogP contribution < -0.4 is 4.90 Å². The van der Waals surface area contributed by atoms with E-state index in [0.29, 0.717) is 40.7 Å². The Kier molecular flexibility index (Phi) is 6.04. The molecule has 1 aromatic heterocycles. The van der Waals surface area contributed by atoms with Crippen LogP contribution in [-0.2, 0) is 0 Å². The number of aromatic hydroxyl groups is 1. The van der Waals surface area contributed by atoms with Gasteiger partial charge in [-0.1, -0.05) is 16.8 Å². The van der Waals surface area contributed by atoms with Crippen molar-refractivity contribution in [2.75, 3.05) is 31.1 Å². The number of hydrogen-bond donors (Lipinski definition) is 1. The van der Waals surface area contributed by atoms with Crippen LogP contribution in [0.15, 0.2) is 43.8 Å². The number of rotatable bonds is 3. The maximum atomic E-state index is 12.8. The molecule has 1 N–H and O–H groups in total. The van der Waals surface area contributed by atoms with Crippen molar-refractivity contribution in [3.63, 3.8) is 0 Å². The lowest BCUT2D eigenvalue weighted by Gasteiger charge is -2.35. The van der Waals surface area contributed by atoms with Crippen LogP contribution in [0.25, 0.3) is 11.4 Å². The summed E-state index contributed by atoms with van der Waals surface area (Å²) >= 11 is 12.7. The number of carbonyl (C=O) groups excluding carboxylic acids is 1. The largest absolute Gasteiger partial charge is 0.506 e. The smallest absolute Gasteiger partial charge is 0.316 e. The zero-order chi connectivity index (χ0) is 21.4. The summed E-state index contributed by atoms with van der Waals surface area (Å²) in [7, 11) is 0. The van der Waals surface area contributed by atoms with Gasteiger partial charge in [-0.3, -0.25) is 4.79 Å². The predicted molar refractivity (Wildman–Crippen MR) is 121 cm³/mol. The molecule has 0 radical (unpaired) electrons. The van der Waals surface area contributed by atoms with Crippen LogP contribution in [0.3, 0.4) is 0 Å². The van der Waals surface area contributed by atoms with Crippen molar-refractivity contribution in [2.45, 2.75) is 6.92 Å². The Morgan fingerprint density at radius 3 is 2.43 bits per heavy atom. The molecule has 156 valence electrons. The number of aromatic nitrogens is 2. The molecule has 0 bridgehead atoms. The van der Waals surface area contributed by atoms with Gasteiger partial charge in [0.1, 0.15) is 5.75 Å². The third kappa shape index (κ3) is 4.19. The average molecular weight is 557 g/mol. The van der Waals surface area contributed by atoms with Crippen LogP contribution in [0.4, 0.5) is 5.69 Å². The lowest BCUT2D eigenvalue weighted by atomic mass is 10.2. The Bertz CT molecular complexity index is 1090. The number of amides is 1. The maximum absolute atomic E-state index is 12.8. The summed E-state index contributed by atoms with van der Waals surface area (Å²) in [6.07, 6.45) is 0. The van der Waals surface area contributed by atoms with Crippen LogP contribution in [0.5, 0.6) is 5.75 Å². The molecule has 0 saturated carbocycles. The van der Waals surface area contributed by atoms with Gasteiger partial charge in [0, 0.05) is 42.5 Å². The first kappa shape index (κ1) is 21.1. The minimum Gasteiger partial charge on any atom is -0.506 e. The van der Waals surface area contributed by atoms with Gasteiger partial charge in [0.15, 0.2) is 0 Å². The Hall–Kier alpha value is -2.10. The van der Waals surface area contributed by atoms with Crippen LogP contribution in [0, 0.1) is 6.92 Å². The number of phenols is 1. The molecular weight excluding hydrogens is 540 g/mol. The van der Waals surface area contributed by atoms with Crippen LogP contribution in [0.2, 0.25) is 5.02 Å². The Morgan fingerprint density at radius 1 is 1.13 bits per heavy atom. The molecule has 2 heterocycles. The summed E-state index contributed by atoms with van der Waals surface area (Å²) < 4.78 is 6.18. The van der Waals surface area contributed by atoms with Crippen molar-refractivity contribution in [2.24, 2.45) is 0 Å². The fourth-order valence-corrected chi connectivity index (χ4v) is 4.55. The SMILES string of the molecule is Cc1cc(N2CCN(C(=O)c3nc(-c4cc(Br)c(O)c(Br)c4)no3)CC2)ccc1Cl. The molecule has 0 unspecified atom stereocenters. The predicted octanol–water partition coefficient (Wildman–Crippen LogP) is 4.89. The lowest BCUT2D eigenvalue weighted by molar-refractivity contribution is 0.0696. The number of nitrogens with zero attached hydrogens (tertiary/aromatic N) is 4. The number of halogens is 3. The quantitative estimate of drug-likeness (QED) is 0.495. The Labute approximate surface area is 194 Å². The second-order valence-electron chi connectivity index (χ2n) is 6.92. The van der Waals surface area contributed by atoms with Gasteiger partial charge >= 0.3 is 11.8 Å². The normalized spacial score (nSPS) is 14.3. The highest BCUT2D eigenvalue weighted by molar-refractivity contribution is 9.11. The highest BCUT2D eigenvalue weighted by Gasteiger charge is 2.27. The first-order valence-corrected chi connectivity index (χ1v) is 11.1. The number of hydrogen-bond acceptors (Lipinski definition) is 6. The number of piperazine rings is 1. The number of anilines is 1. The fraction of sp³-hybridized carbons (Fsp3) is 0.250. The number of aryl methyl sites for hydroxylation is 1. The van der Waals surface area contributed by atoms with E-state index in [-0.39, 0.29) is 23.4 Å². The van der Waals surface area contributed by atoms with Crippen molar-refractivity contribution >= 4 is 55.1 Å². The molecule has 10 heteroatoms. The van der Waals surface area contributed by atoms with E-state index < -0.39 is 0 Å². The summed E-state index contributed by atoms with van der Waals surface area (Å²) in [6, 6.07) is 9.25. The summed E-state index contributed by atoms with van der Waals surface area (Å²) in [4.78, 5) is 21.0. The Balaban J connectivity index is 1.44. The molecule has 0 atom stereocenters. The van der Waals surface area contributed by atoms with Gasteiger partial charge in [-0.05, 0) is 74.7 Å². The van der Waals surface area contributed by atoms with Gasteiger partial charge < -0.3 is 19.4 Å². The highest BCUT2D eigenvalue weighted by atomic mass is 79.9. The van der Waals surface area contributed by atoms with Gasteiger partial charge in [-0.2, -0.15) is 4.98 Å². The topological polar surface area (TPSA) is 82.7 Å². The van der Waals surface area contributed by atoms with Crippen molar-refractivity contribution in [3.8, 4) is 17.1 Å². The molecule has 2 aromatic carbocycles. The van der Waals surface area contributed by atoms with Crippen LogP contribution in [0.1, 0.15) is 16.2 Å². The molecule has 1 saturated heterocycles. The minimum absolute atomic E-state index is 0.0545. The van der Waals surface area contributed by atoms with Gasteiger partial charge in [-0.25, -0.2) is 0 Å². The van der Waals surface area contributed by atoms with E-state index in [2.05, 4.69) is 53.0 Å².